The third-order valence-corrected chi connectivity index (χ3v) is 4.62. The van der Waals surface area contributed by atoms with Crippen LogP contribution in [-0.2, 0) is 9.53 Å². The Balaban J connectivity index is 1.90. The van der Waals surface area contributed by atoms with Crippen LogP contribution in [0.15, 0.2) is 48.5 Å². The first-order valence-corrected chi connectivity index (χ1v) is 9.75. The summed E-state index contributed by atoms with van der Waals surface area (Å²) >= 11 is 12.0. The van der Waals surface area contributed by atoms with Gasteiger partial charge in [-0.15, -0.1) is 0 Å². The van der Waals surface area contributed by atoms with Crippen molar-refractivity contribution < 1.29 is 9.53 Å². The van der Waals surface area contributed by atoms with Crippen LogP contribution in [0.3, 0.4) is 0 Å². The van der Waals surface area contributed by atoms with Crippen molar-refractivity contribution in [1.29, 1.82) is 0 Å². The predicted octanol–water partition coefficient (Wildman–Crippen LogP) is 5.80. The van der Waals surface area contributed by atoms with Crippen LogP contribution in [0.5, 0.6) is 0 Å². The average Bonchev–Trinajstić information content (AvgIpc) is 2.63. The molecule has 1 N–H and O–H groups in total. The van der Waals surface area contributed by atoms with Crippen LogP contribution in [0.2, 0.25) is 10.0 Å². The Morgan fingerprint density at radius 1 is 0.923 bits per heavy atom. The number of nitrogens with one attached hydrogen (secondary N) is 1. The van der Waals surface area contributed by atoms with Gasteiger partial charge in [-0.25, -0.2) is 0 Å². The molecule has 140 valence electrons. The molecule has 0 saturated heterocycles. The van der Waals surface area contributed by atoms with Crippen molar-refractivity contribution in [3.63, 3.8) is 0 Å². The van der Waals surface area contributed by atoms with E-state index in [1.807, 2.05) is 55.5 Å². The van der Waals surface area contributed by atoms with Gasteiger partial charge in [0, 0.05) is 16.5 Å². The van der Waals surface area contributed by atoms with E-state index in [0.29, 0.717) is 13.0 Å². The minimum absolute atomic E-state index is 0.0783. The zero-order chi connectivity index (χ0) is 18.8. The molecule has 2 rings (SSSR count). The number of rotatable bonds is 10. The van der Waals surface area contributed by atoms with Crippen LogP contribution >= 0.6 is 23.2 Å². The van der Waals surface area contributed by atoms with Gasteiger partial charge < -0.3 is 10.1 Å². The van der Waals surface area contributed by atoms with E-state index in [2.05, 4.69) is 5.32 Å². The first-order chi connectivity index (χ1) is 12.6. The zero-order valence-corrected chi connectivity index (χ0v) is 16.5. The number of esters is 1. The Morgan fingerprint density at radius 3 is 1.96 bits per heavy atom. The standard InChI is InChI=1S/C21H25Cl2NO2/c1-2-26-20(25)6-4-3-5-15-24-21(16-7-11-18(22)12-8-16)17-9-13-19(23)14-10-17/h7-14,21,24H,2-6,15H2,1H3. The lowest BCUT2D eigenvalue weighted by atomic mass is 9.98. The minimum Gasteiger partial charge on any atom is -0.466 e. The van der Waals surface area contributed by atoms with Crippen molar-refractivity contribution in [3.05, 3.63) is 69.7 Å². The summed E-state index contributed by atoms with van der Waals surface area (Å²) in [5, 5.41) is 5.05. The average molecular weight is 394 g/mol. The maximum Gasteiger partial charge on any atom is 0.305 e. The Labute approximate surface area is 165 Å². The maximum atomic E-state index is 11.3. The second kappa shape index (κ2) is 11.2. The molecule has 5 heteroatoms. The fraction of sp³-hybridized carbons (Fsp3) is 0.381. The summed E-state index contributed by atoms with van der Waals surface area (Å²) in [7, 11) is 0. The van der Waals surface area contributed by atoms with Gasteiger partial charge in [0.1, 0.15) is 0 Å². The highest BCUT2D eigenvalue weighted by molar-refractivity contribution is 6.30. The van der Waals surface area contributed by atoms with Gasteiger partial charge in [0.15, 0.2) is 0 Å². The molecule has 0 aliphatic rings. The quantitative estimate of drug-likeness (QED) is 0.409. The molecule has 0 saturated carbocycles. The number of ether oxygens (including phenoxy) is 1. The van der Waals surface area contributed by atoms with Crippen molar-refractivity contribution in [2.75, 3.05) is 13.2 Å². The molecule has 3 nitrogen and oxygen atoms in total. The van der Waals surface area contributed by atoms with E-state index in [4.69, 9.17) is 27.9 Å². The molecule has 0 aliphatic carbocycles. The largest absolute Gasteiger partial charge is 0.466 e. The van der Waals surface area contributed by atoms with Gasteiger partial charge in [-0.1, -0.05) is 53.9 Å². The third kappa shape index (κ3) is 6.99. The highest BCUT2D eigenvalue weighted by Gasteiger charge is 2.13. The molecule has 0 fully saturated rings. The zero-order valence-electron chi connectivity index (χ0n) is 15.0. The SMILES string of the molecule is CCOC(=O)CCCCCNC(c1ccc(Cl)cc1)c1ccc(Cl)cc1. The van der Waals surface area contributed by atoms with Crippen LogP contribution < -0.4 is 5.32 Å². The third-order valence-electron chi connectivity index (χ3n) is 4.12. The lowest BCUT2D eigenvalue weighted by molar-refractivity contribution is -0.143. The van der Waals surface area contributed by atoms with Crippen LogP contribution in [0, 0.1) is 0 Å². The Bertz CT molecular complexity index is 626. The Morgan fingerprint density at radius 2 is 1.46 bits per heavy atom. The molecule has 0 spiro atoms. The highest BCUT2D eigenvalue weighted by Crippen LogP contribution is 2.25. The molecule has 0 unspecified atom stereocenters. The number of hydrogen-bond donors (Lipinski definition) is 1. The number of carbonyl (C=O) groups excluding carboxylic acids is 1. The first kappa shape index (κ1) is 20.8. The molecule has 26 heavy (non-hydrogen) atoms. The number of carbonyl (C=O) groups is 1. The minimum atomic E-state index is -0.110. The van der Waals surface area contributed by atoms with Gasteiger partial charge in [-0.05, 0) is 61.7 Å². The van der Waals surface area contributed by atoms with Crippen LogP contribution in [0.1, 0.15) is 49.8 Å². The second-order valence-electron chi connectivity index (χ2n) is 6.11. The summed E-state index contributed by atoms with van der Waals surface area (Å²) < 4.78 is 4.95. The normalized spacial score (nSPS) is 10.9. The molecular weight excluding hydrogens is 369 g/mol. The van der Waals surface area contributed by atoms with Gasteiger partial charge in [0.05, 0.1) is 12.6 Å². The van der Waals surface area contributed by atoms with Gasteiger partial charge in [0.25, 0.3) is 0 Å². The fourth-order valence-corrected chi connectivity index (χ4v) is 3.04. The van der Waals surface area contributed by atoms with E-state index in [-0.39, 0.29) is 12.0 Å². The highest BCUT2D eigenvalue weighted by atomic mass is 35.5. The predicted molar refractivity (Wildman–Crippen MR) is 108 cm³/mol. The summed E-state index contributed by atoms with van der Waals surface area (Å²) in [6, 6.07) is 15.8. The molecule has 0 bridgehead atoms. The molecule has 0 aromatic heterocycles. The van der Waals surface area contributed by atoms with Crippen molar-refractivity contribution >= 4 is 29.2 Å². The Hall–Kier alpha value is -1.55. The molecule has 0 aliphatic heterocycles. The fourth-order valence-electron chi connectivity index (χ4n) is 2.79. The summed E-state index contributed by atoms with van der Waals surface area (Å²) in [5.41, 5.74) is 2.31. The van der Waals surface area contributed by atoms with Crippen LogP contribution in [0.25, 0.3) is 0 Å². The van der Waals surface area contributed by atoms with Crippen LogP contribution in [-0.4, -0.2) is 19.1 Å². The lowest BCUT2D eigenvalue weighted by Crippen LogP contribution is -2.23. The van der Waals surface area contributed by atoms with Gasteiger partial charge in [0.2, 0.25) is 0 Å². The molecule has 0 amide bonds. The van der Waals surface area contributed by atoms with Crippen molar-refractivity contribution in [2.45, 2.75) is 38.6 Å². The molecule has 2 aromatic carbocycles. The molecule has 0 radical (unpaired) electrons. The summed E-state index contributed by atoms with van der Waals surface area (Å²) in [5.74, 6) is -0.110. The number of hydrogen-bond acceptors (Lipinski definition) is 3. The number of benzene rings is 2. The monoisotopic (exact) mass is 393 g/mol. The first-order valence-electron chi connectivity index (χ1n) is 9.00. The van der Waals surface area contributed by atoms with E-state index >= 15 is 0 Å². The lowest BCUT2D eigenvalue weighted by Gasteiger charge is -2.20. The summed E-state index contributed by atoms with van der Waals surface area (Å²) in [6.07, 6.45) is 3.33. The molecule has 0 heterocycles. The van der Waals surface area contributed by atoms with Crippen LogP contribution in [0.4, 0.5) is 0 Å². The van der Waals surface area contributed by atoms with E-state index in [1.165, 1.54) is 0 Å². The summed E-state index contributed by atoms with van der Waals surface area (Å²) in [6.45, 7) is 3.14. The van der Waals surface area contributed by atoms with Gasteiger partial charge in [-0.3, -0.25) is 4.79 Å². The van der Waals surface area contributed by atoms with Crippen molar-refractivity contribution in [3.8, 4) is 0 Å². The smallest absolute Gasteiger partial charge is 0.305 e. The molecule has 0 atom stereocenters. The van der Waals surface area contributed by atoms with Gasteiger partial charge >= 0.3 is 5.97 Å². The molecule has 2 aromatic rings. The topological polar surface area (TPSA) is 38.3 Å². The van der Waals surface area contributed by atoms with Gasteiger partial charge in [-0.2, -0.15) is 0 Å². The summed E-state index contributed by atoms with van der Waals surface area (Å²) in [4.78, 5) is 11.3. The molecular formula is C21H25Cl2NO2. The number of unbranched alkanes of at least 4 members (excludes halogenated alkanes) is 2. The van der Waals surface area contributed by atoms with E-state index in [1.54, 1.807) is 0 Å². The van der Waals surface area contributed by atoms with E-state index < -0.39 is 0 Å². The van der Waals surface area contributed by atoms with Crippen molar-refractivity contribution in [1.82, 2.24) is 5.32 Å². The number of halogens is 2. The second-order valence-corrected chi connectivity index (χ2v) is 6.98. The van der Waals surface area contributed by atoms with E-state index in [9.17, 15) is 4.79 Å². The van der Waals surface area contributed by atoms with E-state index in [0.717, 1.165) is 47.0 Å². The Kier molecular flexibility index (Phi) is 8.96. The van der Waals surface area contributed by atoms with Crippen molar-refractivity contribution in [2.24, 2.45) is 0 Å². The maximum absolute atomic E-state index is 11.3.